The third-order valence-electron chi connectivity index (χ3n) is 7.09. The molecule has 1 aliphatic heterocycles. The maximum atomic E-state index is 14.7. The predicted molar refractivity (Wildman–Crippen MR) is 163 cm³/mol. The van der Waals surface area contributed by atoms with Crippen LogP contribution in [0.15, 0.2) is 54.9 Å². The van der Waals surface area contributed by atoms with Crippen LogP contribution in [-0.4, -0.2) is 61.5 Å². The van der Waals surface area contributed by atoms with Crippen molar-refractivity contribution in [2.75, 3.05) is 11.9 Å². The number of anilines is 1. The van der Waals surface area contributed by atoms with E-state index in [1.807, 2.05) is 13.8 Å². The van der Waals surface area contributed by atoms with E-state index in [-0.39, 0.29) is 29.0 Å². The number of nitrogens with zero attached hydrogens (tertiary/aromatic N) is 4. The van der Waals surface area contributed by atoms with E-state index in [9.17, 15) is 18.8 Å². The highest BCUT2D eigenvalue weighted by Gasteiger charge is 2.52. The van der Waals surface area contributed by atoms with Gasteiger partial charge in [-0.1, -0.05) is 41.3 Å². The minimum atomic E-state index is -1.74. The van der Waals surface area contributed by atoms with Crippen LogP contribution in [0.2, 0.25) is 0 Å². The Kier molecular flexibility index (Phi) is 8.76. The summed E-state index contributed by atoms with van der Waals surface area (Å²) in [4.78, 5) is 50.3. The number of aryl methyl sites for hydroxylation is 2. The molecule has 238 valence electrons. The summed E-state index contributed by atoms with van der Waals surface area (Å²) in [5.41, 5.74) is -0.105. The van der Waals surface area contributed by atoms with Crippen molar-refractivity contribution < 1.29 is 37.7 Å². The number of hydrogen-bond donors (Lipinski definition) is 1. The molecular formula is C33H32FN5O7. The minimum Gasteiger partial charge on any atom is -0.458 e. The van der Waals surface area contributed by atoms with Crippen LogP contribution in [0.5, 0.6) is 0 Å². The molecule has 46 heavy (non-hydrogen) atoms. The lowest BCUT2D eigenvalue weighted by atomic mass is 9.98. The van der Waals surface area contributed by atoms with E-state index in [0.717, 1.165) is 11.1 Å². The summed E-state index contributed by atoms with van der Waals surface area (Å²) in [5, 5.41) is 2.39. The summed E-state index contributed by atoms with van der Waals surface area (Å²) in [6.45, 7) is 8.31. The fraction of sp³-hybridized carbons (Fsp3) is 0.333. The van der Waals surface area contributed by atoms with Gasteiger partial charge in [0.25, 0.3) is 0 Å². The first kappa shape index (κ1) is 32.1. The summed E-state index contributed by atoms with van der Waals surface area (Å²) in [6, 6.07) is 13.5. The van der Waals surface area contributed by atoms with Gasteiger partial charge in [-0.05, 0) is 58.9 Å². The summed E-state index contributed by atoms with van der Waals surface area (Å²) < 4.78 is 39.0. The van der Waals surface area contributed by atoms with E-state index < -0.39 is 54.3 Å². The molecule has 2 aromatic heterocycles. The topological polar surface area (TPSA) is 144 Å². The van der Waals surface area contributed by atoms with Crippen molar-refractivity contribution in [3.05, 3.63) is 83.2 Å². The van der Waals surface area contributed by atoms with Gasteiger partial charge in [-0.15, -0.1) is 6.42 Å². The standard InChI is InChI=1S/C33H32FN5O7/c1-7-33(17-43-28(40)21-12-8-19(2)9-13-21)23(44-29(41)22-14-10-20(3)11-15-22)16-24(45-33)39-18-35-25-26(36-30(34)38-27(25)39)37-31(42)46-32(4,5)6/h1,8-15,18,23-24H,16-17H2,2-6H3,(H,36,37,38,42)/t23-,24?,33+/m0/s1. The fourth-order valence-corrected chi connectivity index (χ4v) is 4.77. The molecule has 1 saturated heterocycles. The van der Waals surface area contributed by atoms with Gasteiger partial charge in [0, 0.05) is 6.42 Å². The number of imidazole rings is 1. The Morgan fingerprint density at radius 1 is 1.04 bits per heavy atom. The van der Waals surface area contributed by atoms with E-state index in [1.165, 1.54) is 10.9 Å². The number of terminal acetylenes is 1. The van der Waals surface area contributed by atoms with Crippen molar-refractivity contribution in [2.45, 2.75) is 64.6 Å². The fourth-order valence-electron chi connectivity index (χ4n) is 4.77. The van der Waals surface area contributed by atoms with Gasteiger partial charge in [-0.2, -0.15) is 14.4 Å². The quantitative estimate of drug-likeness (QED) is 0.124. The van der Waals surface area contributed by atoms with Crippen LogP contribution in [0.25, 0.3) is 11.2 Å². The third-order valence-corrected chi connectivity index (χ3v) is 7.09. The zero-order valence-corrected chi connectivity index (χ0v) is 25.9. The van der Waals surface area contributed by atoms with Gasteiger partial charge >= 0.3 is 24.1 Å². The molecule has 0 aliphatic carbocycles. The van der Waals surface area contributed by atoms with Crippen molar-refractivity contribution in [1.29, 1.82) is 0 Å². The first-order valence-corrected chi connectivity index (χ1v) is 14.3. The van der Waals surface area contributed by atoms with Crippen LogP contribution in [0.4, 0.5) is 15.0 Å². The smallest absolute Gasteiger partial charge is 0.413 e. The highest BCUT2D eigenvalue weighted by Crippen LogP contribution is 2.41. The highest BCUT2D eigenvalue weighted by molar-refractivity contribution is 5.93. The zero-order chi connectivity index (χ0) is 33.2. The molecule has 1 amide bonds. The number of fused-ring (bicyclic) bond motifs is 1. The molecule has 0 radical (unpaired) electrons. The minimum absolute atomic E-state index is 0.0352. The Morgan fingerprint density at radius 2 is 1.65 bits per heavy atom. The number of hydrogen-bond acceptors (Lipinski definition) is 10. The lowest BCUT2D eigenvalue weighted by molar-refractivity contribution is -0.0967. The van der Waals surface area contributed by atoms with Crippen molar-refractivity contribution in [3.63, 3.8) is 0 Å². The molecule has 3 heterocycles. The Labute approximate surface area is 264 Å². The molecule has 0 spiro atoms. The molecule has 12 nitrogen and oxygen atoms in total. The van der Waals surface area contributed by atoms with Crippen LogP contribution in [0.3, 0.4) is 0 Å². The van der Waals surface area contributed by atoms with Gasteiger partial charge in [0.05, 0.1) is 17.5 Å². The number of halogens is 1. The van der Waals surface area contributed by atoms with Gasteiger partial charge in [0.1, 0.15) is 18.4 Å². The lowest BCUT2D eigenvalue weighted by Crippen LogP contribution is -2.45. The summed E-state index contributed by atoms with van der Waals surface area (Å²) in [7, 11) is 0. The highest BCUT2D eigenvalue weighted by atomic mass is 19.1. The van der Waals surface area contributed by atoms with Gasteiger partial charge in [0.2, 0.25) is 5.60 Å². The number of ether oxygens (including phenoxy) is 4. The Balaban J connectivity index is 1.46. The van der Waals surface area contributed by atoms with Gasteiger partial charge in [-0.3, -0.25) is 9.88 Å². The van der Waals surface area contributed by atoms with Crippen LogP contribution in [0, 0.1) is 32.3 Å². The Bertz CT molecular complexity index is 1830. The molecule has 5 rings (SSSR count). The first-order chi connectivity index (χ1) is 21.8. The number of carbonyl (C=O) groups is 3. The average molecular weight is 630 g/mol. The normalized spacial score (nSPS) is 19.3. The second kappa shape index (κ2) is 12.6. The molecule has 1 unspecified atom stereocenters. The van der Waals surface area contributed by atoms with Crippen molar-refractivity contribution in [1.82, 2.24) is 19.5 Å². The monoisotopic (exact) mass is 629 g/mol. The largest absolute Gasteiger partial charge is 0.458 e. The number of aromatic nitrogens is 4. The van der Waals surface area contributed by atoms with Crippen LogP contribution < -0.4 is 5.32 Å². The number of esters is 2. The predicted octanol–water partition coefficient (Wildman–Crippen LogP) is 5.30. The summed E-state index contributed by atoms with van der Waals surface area (Å²) >= 11 is 0. The summed E-state index contributed by atoms with van der Waals surface area (Å²) in [6.07, 6.45) is 3.08. The van der Waals surface area contributed by atoms with E-state index >= 15 is 0 Å². The Morgan fingerprint density at radius 3 is 2.24 bits per heavy atom. The van der Waals surface area contributed by atoms with Crippen LogP contribution in [0.1, 0.15) is 65.3 Å². The van der Waals surface area contributed by atoms with Gasteiger partial charge < -0.3 is 18.9 Å². The van der Waals surface area contributed by atoms with E-state index in [1.54, 1.807) is 69.3 Å². The molecule has 0 saturated carbocycles. The Hall–Kier alpha value is -5.35. The van der Waals surface area contributed by atoms with Gasteiger partial charge in [-0.25, -0.2) is 19.4 Å². The zero-order valence-electron chi connectivity index (χ0n) is 25.9. The maximum Gasteiger partial charge on any atom is 0.413 e. The molecule has 2 aromatic carbocycles. The summed E-state index contributed by atoms with van der Waals surface area (Å²) in [5.74, 6) is 0.963. The number of nitrogens with one attached hydrogen (secondary N) is 1. The van der Waals surface area contributed by atoms with E-state index in [2.05, 4.69) is 26.2 Å². The molecule has 1 fully saturated rings. The van der Waals surface area contributed by atoms with Crippen LogP contribution >= 0.6 is 0 Å². The second-order valence-electron chi connectivity index (χ2n) is 11.8. The SMILES string of the molecule is C#C[C@]1(COC(=O)c2ccc(C)cc2)OC(n2cnc3c(NC(=O)OC(C)(C)C)nc(F)nc32)C[C@@H]1OC(=O)c1ccc(C)cc1. The maximum absolute atomic E-state index is 14.7. The molecule has 0 bridgehead atoms. The van der Waals surface area contributed by atoms with Crippen LogP contribution in [-0.2, 0) is 18.9 Å². The van der Waals surface area contributed by atoms with Gasteiger partial charge in [0.15, 0.2) is 23.1 Å². The second-order valence-corrected chi connectivity index (χ2v) is 11.8. The number of carbonyl (C=O) groups excluding carboxylic acids is 3. The molecule has 1 N–H and O–H groups in total. The lowest BCUT2D eigenvalue weighted by Gasteiger charge is -2.28. The first-order valence-electron chi connectivity index (χ1n) is 14.3. The third kappa shape index (κ3) is 6.97. The number of rotatable bonds is 7. The number of amides is 1. The molecule has 3 atom stereocenters. The molecule has 4 aromatic rings. The molecular weight excluding hydrogens is 597 g/mol. The average Bonchev–Trinajstić information content (AvgIpc) is 3.57. The number of benzene rings is 2. The molecule has 13 heteroatoms. The van der Waals surface area contributed by atoms with E-state index in [0.29, 0.717) is 5.56 Å². The molecule has 1 aliphatic rings. The van der Waals surface area contributed by atoms with Crippen molar-refractivity contribution in [2.24, 2.45) is 0 Å². The van der Waals surface area contributed by atoms with Crippen molar-refractivity contribution in [3.8, 4) is 12.3 Å². The van der Waals surface area contributed by atoms with Crippen molar-refractivity contribution >= 4 is 35.0 Å². The van der Waals surface area contributed by atoms with E-state index in [4.69, 9.17) is 25.4 Å².